The molecule has 0 amide bonds. The van der Waals surface area contributed by atoms with Gasteiger partial charge in [-0.2, -0.15) is 0 Å². The van der Waals surface area contributed by atoms with E-state index in [1.54, 1.807) is 0 Å². The number of rotatable bonds is 77. The van der Waals surface area contributed by atoms with Crippen LogP contribution in [-0.4, -0.2) is 96.7 Å². The second-order valence-corrected chi connectivity index (χ2v) is 33.4. The molecule has 0 aromatic rings. The predicted molar refractivity (Wildman–Crippen MR) is 404 cm³/mol. The smallest absolute Gasteiger partial charge is 0.462 e. The molecule has 0 heterocycles. The van der Waals surface area contributed by atoms with Crippen LogP contribution in [0.5, 0.6) is 0 Å². The van der Waals surface area contributed by atoms with Crippen LogP contribution in [0.2, 0.25) is 0 Å². The molecule has 0 aromatic heterocycles. The molecule has 588 valence electrons. The molecule has 0 bridgehead atoms. The molecule has 3 N–H and O–H groups in total. The number of carbonyl (C=O) groups is 4. The summed E-state index contributed by atoms with van der Waals surface area (Å²) < 4.78 is 68.7. The summed E-state index contributed by atoms with van der Waals surface area (Å²) in [5.74, 6) is 1.000. The van der Waals surface area contributed by atoms with Gasteiger partial charge in [0.1, 0.15) is 19.3 Å². The minimum Gasteiger partial charge on any atom is -0.462 e. The average Bonchev–Trinajstić information content (AvgIpc) is 1.03. The number of aliphatic hydroxyl groups excluding tert-OH is 1. The lowest BCUT2D eigenvalue weighted by Crippen LogP contribution is -2.30. The molecular weight excluding hydrogens is 1290 g/mol. The standard InChI is InChI=1S/C80H156O17P2/c1-9-73(8)59-51-43-35-27-21-15-11-13-17-23-29-37-46-54-62-79(84)97-76(67-91-78(83)61-53-45-39-31-34-42-50-58-72(6)7)69-95-99(88,89)93-65-74(81)64-92-98(86,87)94-68-75(96-80(85)63-55-47-38-30-24-18-20-26-33-41-49-57-71(4)5)66-90-77(82)60-52-44-36-28-22-16-12-10-14-19-25-32-40-48-56-70(2)3/h70-76,81H,9-69H2,1-8H3,(H,86,87)(H,88,89)/t73?,74?,75-,76-/m1/s1. The van der Waals surface area contributed by atoms with Crippen LogP contribution >= 0.6 is 15.6 Å². The third-order valence-corrected chi connectivity index (χ3v) is 20.8. The first-order chi connectivity index (χ1) is 47.6. The number of esters is 4. The second-order valence-electron chi connectivity index (χ2n) is 30.5. The molecule has 0 spiro atoms. The van der Waals surface area contributed by atoms with E-state index in [0.29, 0.717) is 31.6 Å². The molecule has 0 aromatic carbocycles. The molecule has 17 nitrogen and oxygen atoms in total. The van der Waals surface area contributed by atoms with Gasteiger partial charge in [-0.15, -0.1) is 0 Å². The molecule has 99 heavy (non-hydrogen) atoms. The second kappa shape index (κ2) is 69.1. The van der Waals surface area contributed by atoms with E-state index in [4.69, 9.17) is 37.0 Å². The lowest BCUT2D eigenvalue weighted by atomic mass is 9.99. The van der Waals surface area contributed by atoms with Crippen LogP contribution in [0.3, 0.4) is 0 Å². The number of hydrogen-bond acceptors (Lipinski definition) is 15. The van der Waals surface area contributed by atoms with Crippen molar-refractivity contribution in [3.8, 4) is 0 Å². The van der Waals surface area contributed by atoms with E-state index >= 15 is 0 Å². The van der Waals surface area contributed by atoms with Gasteiger partial charge in [-0.3, -0.25) is 37.3 Å². The van der Waals surface area contributed by atoms with E-state index in [1.807, 2.05) is 0 Å². The largest absolute Gasteiger partial charge is 0.472 e. The molecular formula is C80H156O17P2. The monoisotopic (exact) mass is 1450 g/mol. The molecule has 0 aliphatic carbocycles. The quantitative estimate of drug-likeness (QED) is 0.0222. The SMILES string of the molecule is CCC(C)CCCCCCCCCCCCCCCCC(=O)O[C@H](COC(=O)CCCCCCCCCC(C)C)COP(=O)(O)OCC(O)COP(=O)(O)OC[C@@H](COC(=O)CCCCCCCCCCCCCCCCC(C)C)OC(=O)CCCCCCCCCCCCCC(C)C. The Balaban J connectivity index is 5.23. The number of aliphatic hydroxyl groups is 1. The summed E-state index contributed by atoms with van der Waals surface area (Å²) >= 11 is 0. The van der Waals surface area contributed by atoms with Crippen LogP contribution in [-0.2, 0) is 65.4 Å². The van der Waals surface area contributed by atoms with E-state index < -0.39 is 97.5 Å². The van der Waals surface area contributed by atoms with Crippen LogP contribution in [0.25, 0.3) is 0 Å². The third kappa shape index (κ3) is 72.8. The molecule has 6 atom stereocenters. The Morgan fingerprint density at radius 2 is 0.485 bits per heavy atom. The number of unbranched alkanes of at least 4 members (excludes halogenated alkanes) is 42. The summed E-state index contributed by atoms with van der Waals surface area (Å²) in [7, 11) is -9.92. The molecule has 0 saturated heterocycles. The lowest BCUT2D eigenvalue weighted by Gasteiger charge is -2.21. The van der Waals surface area contributed by atoms with Crippen molar-refractivity contribution in [1.82, 2.24) is 0 Å². The van der Waals surface area contributed by atoms with Gasteiger partial charge >= 0.3 is 39.5 Å². The van der Waals surface area contributed by atoms with Gasteiger partial charge in [0.2, 0.25) is 0 Å². The Morgan fingerprint density at radius 1 is 0.283 bits per heavy atom. The van der Waals surface area contributed by atoms with Crippen LogP contribution in [0.4, 0.5) is 0 Å². The van der Waals surface area contributed by atoms with E-state index in [-0.39, 0.29) is 25.7 Å². The molecule has 0 aliphatic heterocycles. The Labute approximate surface area is 607 Å². The zero-order valence-corrected chi connectivity index (χ0v) is 66.9. The van der Waals surface area contributed by atoms with Crippen molar-refractivity contribution in [3.05, 3.63) is 0 Å². The third-order valence-electron chi connectivity index (χ3n) is 18.9. The Morgan fingerprint density at radius 3 is 0.717 bits per heavy atom. The van der Waals surface area contributed by atoms with Gasteiger partial charge in [0, 0.05) is 25.7 Å². The van der Waals surface area contributed by atoms with E-state index in [0.717, 1.165) is 114 Å². The first-order valence-corrected chi connectivity index (χ1v) is 44.2. The van der Waals surface area contributed by atoms with Crippen molar-refractivity contribution < 1.29 is 80.2 Å². The minimum atomic E-state index is -4.96. The average molecular weight is 1450 g/mol. The summed E-state index contributed by atoms with van der Waals surface area (Å²) in [6, 6.07) is 0. The summed E-state index contributed by atoms with van der Waals surface area (Å²) in [5.41, 5.74) is 0. The van der Waals surface area contributed by atoms with Crippen molar-refractivity contribution in [2.24, 2.45) is 23.7 Å². The minimum absolute atomic E-state index is 0.106. The van der Waals surface area contributed by atoms with Gasteiger partial charge in [-0.05, 0) is 49.4 Å². The predicted octanol–water partition coefficient (Wildman–Crippen LogP) is 23.6. The van der Waals surface area contributed by atoms with Gasteiger partial charge in [-0.25, -0.2) is 9.13 Å². The van der Waals surface area contributed by atoms with Crippen molar-refractivity contribution in [3.63, 3.8) is 0 Å². The van der Waals surface area contributed by atoms with Gasteiger partial charge < -0.3 is 33.8 Å². The fraction of sp³-hybridized carbons (Fsp3) is 0.950. The van der Waals surface area contributed by atoms with Gasteiger partial charge in [0.05, 0.1) is 26.4 Å². The molecule has 0 aliphatic rings. The Bertz CT molecular complexity index is 1940. The van der Waals surface area contributed by atoms with Crippen molar-refractivity contribution in [2.75, 3.05) is 39.6 Å². The summed E-state index contributed by atoms with van der Waals surface area (Å²) in [5, 5.41) is 10.6. The van der Waals surface area contributed by atoms with Gasteiger partial charge in [0.15, 0.2) is 12.2 Å². The highest BCUT2D eigenvalue weighted by Crippen LogP contribution is 2.45. The van der Waals surface area contributed by atoms with Crippen molar-refractivity contribution in [2.45, 2.75) is 427 Å². The molecule has 0 radical (unpaired) electrons. The number of phosphoric acid groups is 2. The number of phosphoric ester groups is 2. The fourth-order valence-electron chi connectivity index (χ4n) is 12.2. The zero-order valence-electron chi connectivity index (χ0n) is 65.1. The molecule has 4 unspecified atom stereocenters. The summed E-state index contributed by atoms with van der Waals surface area (Å²) in [4.78, 5) is 73.0. The molecule has 0 rings (SSSR count). The first-order valence-electron chi connectivity index (χ1n) is 41.2. The van der Waals surface area contributed by atoms with E-state index in [2.05, 4.69) is 55.4 Å². The zero-order chi connectivity index (χ0) is 73.1. The topological polar surface area (TPSA) is 237 Å². The highest BCUT2D eigenvalue weighted by atomic mass is 31.2. The summed E-state index contributed by atoms with van der Waals surface area (Å²) in [6.07, 6.45) is 55.5. The first kappa shape index (κ1) is 97.1. The normalized spacial score (nSPS) is 14.3. The molecule has 0 fully saturated rings. The van der Waals surface area contributed by atoms with Gasteiger partial charge in [-0.1, -0.05) is 357 Å². The van der Waals surface area contributed by atoms with Crippen LogP contribution < -0.4 is 0 Å². The maximum absolute atomic E-state index is 13.1. The highest BCUT2D eigenvalue weighted by molar-refractivity contribution is 7.47. The number of ether oxygens (including phenoxy) is 4. The number of hydrogen-bond donors (Lipinski definition) is 3. The van der Waals surface area contributed by atoms with Crippen molar-refractivity contribution in [1.29, 1.82) is 0 Å². The van der Waals surface area contributed by atoms with Gasteiger partial charge in [0.25, 0.3) is 0 Å². The highest BCUT2D eigenvalue weighted by Gasteiger charge is 2.30. The Kier molecular flexibility index (Phi) is 67.8. The fourth-order valence-corrected chi connectivity index (χ4v) is 13.8. The maximum atomic E-state index is 13.1. The Hall–Kier alpha value is -1.94. The number of carbonyl (C=O) groups excluding carboxylic acids is 4. The van der Waals surface area contributed by atoms with Crippen molar-refractivity contribution >= 4 is 39.5 Å². The lowest BCUT2D eigenvalue weighted by molar-refractivity contribution is -0.161. The molecule has 0 saturated carbocycles. The van der Waals surface area contributed by atoms with E-state index in [9.17, 15) is 43.2 Å². The van der Waals surface area contributed by atoms with Crippen LogP contribution in [0.1, 0.15) is 409 Å². The van der Waals surface area contributed by atoms with E-state index in [1.165, 1.54) is 205 Å². The molecule has 19 heteroatoms. The van der Waals surface area contributed by atoms with Crippen LogP contribution in [0, 0.1) is 23.7 Å². The van der Waals surface area contributed by atoms with Crippen LogP contribution in [0.15, 0.2) is 0 Å². The summed E-state index contributed by atoms with van der Waals surface area (Å²) in [6.45, 7) is 14.3. The maximum Gasteiger partial charge on any atom is 0.472 e.